The summed E-state index contributed by atoms with van der Waals surface area (Å²) in [5, 5.41) is 0. The van der Waals surface area contributed by atoms with Gasteiger partial charge in [0.25, 0.3) is 0 Å². The second kappa shape index (κ2) is 13.6. The van der Waals surface area contributed by atoms with E-state index in [1.807, 2.05) is 43.3 Å². The van der Waals surface area contributed by atoms with Gasteiger partial charge in [-0.05, 0) is 79.6 Å². The molecule has 0 spiro atoms. The molecule has 0 aromatic heterocycles. The number of rotatable bonds is 6. The molecule has 0 radical (unpaired) electrons. The molecular weight excluding hydrogens is 676 g/mol. The van der Waals surface area contributed by atoms with Crippen molar-refractivity contribution < 1.29 is 30.8 Å². The van der Waals surface area contributed by atoms with Crippen LogP contribution >= 0.6 is 0 Å². The SMILES string of the molecule is Cc1ccc(-c2ccc(S(=O)(=O)N3C4CCC3CC(=O)C4)cc2)cc1.O=C1CC2CCC(C1)N2S(=O)(=O)c1ccc(-c2ccccc2F)cc1. The summed E-state index contributed by atoms with van der Waals surface area (Å²) in [7, 11) is -7.19. The maximum absolute atomic E-state index is 13.9. The van der Waals surface area contributed by atoms with Crippen molar-refractivity contribution in [2.24, 2.45) is 0 Å². The zero-order chi connectivity index (χ0) is 35.2. The Bertz CT molecular complexity index is 2100. The summed E-state index contributed by atoms with van der Waals surface area (Å²) in [6, 6.07) is 27.2. The molecule has 4 aromatic rings. The number of piperidine rings is 2. The molecule has 4 unspecified atom stereocenters. The van der Waals surface area contributed by atoms with Gasteiger partial charge < -0.3 is 0 Å². The third kappa shape index (κ3) is 6.59. The van der Waals surface area contributed by atoms with Crippen molar-refractivity contribution in [2.75, 3.05) is 0 Å². The van der Waals surface area contributed by atoms with Gasteiger partial charge >= 0.3 is 0 Å². The van der Waals surface area contributed by atoms with Crippen LogP contribution in [0.25, 0.3) is 22.3 Å². The fourth-order valence-corrected chi connectivity index (χ4v) is 11.7. The van der Waals surface area contributed by atoms with Gasteiger partial charge in [0.15, 0.2) is 0 Å². The number of ketones is 2. The Morgan fingerprint density at radius 2 is 0.880 bits per heavy atom. The van der Waals surface area contributed by atoms with Crippen LogP contribution in [-0.4, -0.2) is 61.2 Å². The van der Waals surface area contributed by atoms with Crippen LogP contribution in [0.3, 0.4) is 0 Å². The van der Waals surface area contributed by atoms with Crippen LogP contribution < -0.4 is 0 Å². The summed E-state index contributed by atoms with van der Waals surface area (Å²) in [5.74, 6) is -0.00628. The van der Waals surface area contributed by atoms with Crippen LogP contribution in [-0.2, 0) is 29.6 Å². The molecule has 260 valence electrons. The Labute approximate surface area is 293 Å². The average molecular weight is 715 g/mol. The molecule has 50 heavy (non-hydrogen) atoms. The molecule has 4 aliphatic heterocycles. The lowest BCUT2D eigenvalue weighted by Gasteiger charge is -2.32. The zero-order valence-corrected chi connectivity index (χ0v) is 29.4. The molecule has 4 saturated heterocycles. The molecule has 11 heteroatoms. The smallest absolute Gasteiger partial charge is 0.243 e. The van der Waals surface area contributed by atoms with Crippen molar-refractivity contribution in [2.45, 2.75) is 92.2 Å². The third-order valence-electron chi connectivity index (χ3n) is 10.4. The fourth-order valence-electron chi connectivity index (χ4n) is 7.96. The van der Waals surface area contributed by atoms with Crippen molar-refractivity contribution in [3.8, 4) is 22.3 Å². The van der Waals surface area contributed by atoms with E-state index in [0.29, 0.717) is 41.7 Å². The van der Waals surface area contributed by atoms with Gasteiger partial charge in [-0.2, -0.15) is 8.61 Å². The molecule has 0 aliphatic carbocycles. The highest BCUT2D eigenvalue weighted by atomic mass is 32.2. The molecule has 0 saturated carbocycles. The number of fused-ring (bicyclic) bond motifs is 4. The van der Waals surface area contributed by atoms with E-state index in [4.69, 9.17) is 0 Å². The number of nitrogens with zero attached hydrogens (tertiary/aromatic N) is 2. The van der Waals surface area contributed by atoms with Crippen molar-refractivity contribution >= 4 is 31.6 Å². The summed E-state index contributed by atoms with van der Waals surface area (Å²) in [6.07, 6.45) is 4.39. The van der Waals surface area contributed by atoms with E-state index in [9.17, 15) is 30.8 Å². The highest BCUT2D eigenvalue weighted by Gasteiger charge is 2.48. The number of carbonyl (C=O) groups excluding carboxylic acids is 2. The summed E-state index contributed by atoms with van der Waals surface area (Å²) in [4.78, 5) is 24.0. The van der Waals surface area contributed by atoms with E-state index in [1.165, 1.54) is 28.1 Å². The topological polar surface area (TPSA) is 109 Å². The second-order valence-corrected chi connectivity index (χ2v) is 17.4. The van der Waals surface area contributed by atoms with E-state index in [-0.39, 0.29) is 46.4 Å². The number of sulfonamides is 2. The molecular formula is C39H39FN2O6S2. The first kappa shape index (κ1) is 34.4. The molecule has 4 atom stereocenters. The van der Waals surface area contributed by atoms with Gasteiger partial charge in [0.2, 0.25) is 20.0 Å². The van der Waals surface area contributed by atoms with E-state index < -0.39 is 20.0 Å². The molecule has 4 aromatic carbocycles. The Balaban J connectivity index is 0.000000157. The van der Waals surface area contributed by atoms with Crippen LogP contribution in [0, 0.1) is 12.7 Å². The van der Waals surface area contributed by atoms with E-state index in [2.05, 4.69) is 0 Å². The monoisotopic (exact) mass is 714 g/mol. The minimum absolute atomic E-state index is 0.147. The maximum Gasteiger partial charge on any atom is 0.243 e. The quantitative estimate of drug-likeness (QED) is 0.215. The van der Waals surface area contributed by atoms with Gasteiger partial charge in [-0.15, -0.1) is 0 Å². The lowest BCUT2D eigenvalue weighted by Crippen LogP contribution is -2.46. The molecule has 0 amide bonds. The first-order valence-electron chi connectivity index (χ1n) is 17.0. The first-order chi connectivity index (χ1) is 23.9. The lowest BCUT2D eigenvalue weighted by molar-refractivity contribution is -0.123. The standard InChI is InChI=1S/C20H21NO3S.C19H18FNO3S/c1-14-2-4-15(5-3-14)16-6-10-20(11-7-16)25(23,24)21-17-8-9-18(21)13-19(22)12-17;20-19-4-2-1-3-18(19)13-5-9-17(10-6-13)25(23,24)21-14-7-8-15(21)12-16(22)11-14/h2-7,10-11,17-18H,8-9,12-13H2,1H3;1-6,9-10,14-15H,7-8,11-12H2. The summed E-state index contributed by atoms with van der Waals surface area (Å²) < 4.78 is 69.1. The van der Waals surface area contributed by atoms with E-state index >= 15 is 0 Å². The maximum atomic E-state index is 13.9. The van der Waals surface area contributed by atoms with E-state index in [0.717, 1.165) is 36.8 Å². The number of Topliss-reactive ketones (excluding diaryl/α,β-unsaturated/α-hetero) is 2. The Morgan fingerprint density at radius 1 is 0.520 bits per heavy atom. The predicted molar refractivity (Wildman–Crippen MR) is 189 cm³/mol. The minimum Gasteiger partial charge on any atom is -0.300 e. The highest BCUT2D eigenvalue weighted by molar-refractivity contribution is 7.89. The lowest BCUT2D eigenvalue weighted by atomic mass is 10.0. The zero-order valence-electron chi connectivity index (χ0n) is 27.7. The summed E-state index contributed by atoms with van der Waals surface area (Å²) >= 11 is 0. The van der Waals surface area contributed by atoms with Crippen LogP contribution in [0.2, 0.25) is 0 Å². The van der Waals surface area contributed by atoms with Crippen molar-refractivity contribution in [1.82, 2.24) is 8.61 Å². The second-order valence-electron chi connectivity index (χ2n) is 13.7. The van der Waals surface area contributed by atoms with Crippen molar-refractivity contribution in [3.05, 3.63) is 108 Å². The molecule has 4 bridgehead atoms. The molecule has 8 nitrogen and oxygen atoms in total. The first-order valence-corrected chi connectivity index (χ1v) is 19.9. The van der Waals surface area contributed by atoms with Crippen LogP contribution in [0.4, 0.5) is 4.39 Å². The number of halogens is 1. The van der Waals surface area contributed by atoms with Gasteiger partial charge in [-0.3, -0.25) is 9.59 Å². The Kier molecular flexibility index (Phi) is 9.36. The minimum atomic E-state index is -3.64. The van der Waals surface area contributed by atoms with Crippen LogP contribution in [0.1, 0.15) is 56.9 Å². The normalized spacial score (nSPS) is 23.8. The van der Waals surface area contributed by atoms with Gasteiger partial charge in [0, 0.05) is 55.4 Å². The molecule has 4 fully saturated rings. The Morgan fingerprint density at radius 3 is 1.28 bits per heavy atom. The van der Waals surface area contributed by atoms with Gasteiger partial charge in [-0.1, -0.05) is 72.3 Å². The molecule has 8 rings (SSSR count). The molecule has 0 N–H and O–H groups in total. The van der Waals surface area contributed by atoms with Crippen molar-refractivity contribution in [3.63, 3.8) is 0 Å². The summed E-state index contributed by atoms with van der Waals surface area (Å²) in [6.45, 7) is 2.04. The summed E-state index contributed by atoms with van der Waals surface area (Å²) in [5.41, 5.74) is 4.33. The van der Waals surface area contributed by atoms with Gasteiger partial charge in [0.05, 0.1) is 9.79 Å². The number of aryl methyl sites for hydroxylation is 1. The molecule has 4 aliphatic rings. The number of carbonyl (C=O) groups is 2. The van der Waals surface area contributed by atoms with Crippen molar-refractivity contribution in [1.29, 1.82) is 0 Å². The largest absolute Gasteiger partial charge is 0.300 e. The van der Waals surface area contributed by atoms with Gasteiger partial charge in [0.1, 0.15) is 17.4 Å². The number of hydrogen-bond donors (Lipinski definition) is 0. The average Bonchev–Trinajstić information content (AvgIpc) is 3.56. The Hall–Kier alpha value is -4.03. The van der Waals surface area contributed by atoms with Gasteiger partial charge in [-0.25, -0.2) is 21.2 Å². The van der Waals surface area contributed by atoms with E-state index in [1.54, 1.807) is 46.8 Å². The molecule has 4 heterocycles. The predicted octanol–water partition coefficient (Wildman–Crippen LogP) is 6.92. The fraction of sp³-hybridized carbons (Fsp3) is 0.333. The number of benzene rings is 4. The number of hydrogen-bond acceptors (Lipinski definition) is 6. The van der Waals surface area contributed by atoms with Crippen LogP contribution in [0.15, 0.2) is 107 Å². The highest BCUT2D eigenvalue weighted by Crippen LogP contribution is 2.40. The third-order valence-corrected chi connectivity index (χ3v) is 14.4. The van der Waals surface area contributed by atoms with Crippen LogP contribution in [0.5, 0.6) is 0 Å².